The first-order chi connectivity index (χ1) is 12.7. The van der Waals surface area contributed by atoms with Gasteiger partial charge in [0, 0.05) is 6.54 Å². The highest BCUT2D eigenvalue weighted by atomic mass is 32.2. The molecule has 1 aliphatic rings. The van der Waals surface area contributed by atoms with Crippen LogP contribution in [0.2, 0.25) is 0 Å². The Hall–Kier alpha value is -2.01. The second kappa shape index (κ2) is 9.27. The Bertz CT molecular complexity index is 764. The first kappa shape index (κ1) is 21.3. The molecule has 0 aromatic heterocycles. The number of nitrogens with zero attached hydrogens (tertiary/aromatic N) is 1. The van der Waals surface area contributed by atoms with Gasteiger partial charge in [0.1, 0.15) is 6.23 Å². The fourth-order valence-electron chi connectivity index (χ4n) is 2.55. The molecule has 1 atom stereocenters. The Labute approximate surface area is 159 Å². The molecule has 1 heterocycles. The van der Waals surface area contributed by atoms with Gasteiger partial charge in [-0.05, 0) is 19.1 Å². The highest BCUT2D eigenvalue weighted by Crippen LogP contribution is 2.22. The van der Waals surface area contributed by atoms with Gasteiger partial charge < -0.3 is 20.3 Å². The summed E-state index contributed by atoms with van der Waals surface area (Å²) < 4.78 is 32.2. The zero-order chi connectivity index (χ0) is 20.0. The number of sulfonamides is 1. The lowest BCUT2D eigenvalue weighted by Gasteiger charge is -2.22. The summed E-state index contributed by atoms with van der Waals surface area (Å²) in [5.74, 6) is -1.56. The van der Waals surface area contributed by atoms with E-state index in [4.69, 9.17) is 4.74 Å². The maximum atomic E-state index is 12.8. The van der Waals surface area contributed by atoms with Gasteiger partial charge in [-0.25, -0.2) is 8.42 Å². The van der Waals surface area contributed by atoms with Gasteiger partial charge in [0.05, 0.1) is 45.2 Å². The summed E-state index contributed by atoms with van der Waals surface area (Å²) in [5.41, 5.74) is 0.956. The van der Waals surface area contributed by atoms with E-state index in [0.29, 0.717) is 13.1 Å². The van der Waals surface area contributed by atoms with Gasteiger partial charge in [-0.15, -0.1) is 0 Å². The summed E-state index contributed by atoms with van der Waals surface area (Å²) in [6.45, 7) is 3.25. The molecular weight excluding hydrogens is 372 g/mol. The monoisotopic (exact) mass is 399 g/mol. The number of aryl methyl sites for hydroxylation is 1. The lowest BCUT2D eigenvalue weighted by atomic mass is 10.2. The third kappa shape index (κ3) is 5.73. The highest BCUT2D eigenvalue weighted by Gasteiger charge is 2.36. The molecule has 0 radical (unpaired) electrons. The standard InChI is InChI=1S/C17H26N4O5S/c1-13-4-6-14(7-5-13)27(24,25)21-10-11-26-15(21)12-19-17(23)16(22)18-8-9-20(2)3/h4-7,15H,8-12H2,1-3H3,(H,18,22)(H,19,23)/p+1/t15-/m0/s1. The number of ether oxygens (including phenoxy) is 1. The fourth-order valence-corrected chi connectivity index (χ4v) is 4.06. The molecule has 0 spiro atoms. The maximum absolute atomic E-state index is 12.8. The zero-order valence-corrected chi connectivity index (χ0v) is 16.6. The van der Waals surface area contributed by atoms with Crippen LogP contribution < -0.4 is 15.5 Å². The second-order valence-corrected chi connectivity index (χ2v) is 8.57. The first-order valence-electron chi connectivity index (χ1n) is 8.77. The van der Waals surface area contributed by atoms with Crippen molar-refractivity contribution < 1.29 is 27.6 Å². The van der Waals surface area contributed by atoms with Crippen LogP contribution in [0.5, 0.6) is 0 Å². The SMILES string of the molecule is Cc1ccc(S(=O)(=O)N2CCO[C@H]2CNC(=O)C(=O)NCC[NH+](C)C)cc1. The topological polar surface area (TPSA) is 109 Å². The average Bonchev–Trinajstić information content (AvgIpc) is 3.09. The number of carbonyl (C=O) groups excluding carboxylic acids is 2. The van der Waals surface area contributed by atoms with Crippen molar-refractivity contribution >= 4 is 21.8 Å². The summed E-state index contributed by atoms with van der Waals surface area (Å²) >= 11 is 0. The molecule has 150 valence electrons. The minimum Gasteiger partial charge on any atom is -0.359 e. The Morgan fingerprint density at radius 2 is 1.81 bits per heavy atom. The number of benzene rings is 1. The first-order valence-corrected chi connectivity index (χ1v) is 10.2. The number of quaternary nitrogens is 1. The van der Waals surface area contributed by atoms with E-state index in [1.165, 1.54) is 4.31 Å². The minimum absolute atomic E-state index is 0.101. The second-order valence-electron chi connectivity index (χ2n) is 6.68. The summed E-state index contributed by atoms with van der Waals surface area (Å²) in [4.78, 5) is 25.0. The van der Waals surface area contributed by atoms with E-state index in [2.05, 4.69) is 10.6 Å². The molecule has 1 aliphatic heterocycles. The molecule has 0 saturated carbocycles. The summed E-state index contributed by atoms with van der Waals surface area (Å²) in [5, 5.41) is 4.95. The lowest BCUT2D eigenvalue weighted by molar-refractivity contribution is -0.856. The molecule has 1 aromatic rings. The largest absolute Gasteiger partial charge is 0.359 e. The van der Waals surface area contributed by atoms with Crippen LogP contribution in [-0.4, -0.2) is 77.6 Å². The van der Waals surface area contributed by atoms with E-state index >= 15 is 0 Å². The molecule has 2 rings (SSSR count). The summed E-state index contributed by atoms with van der Waals surface area (Å²) in [6.07, 6.45) is -0.848. The van der Waals surface area contributed by atoms with E-state index < -0.39 is 28.1 Å². The summed E-state index contributed by atoms with van der Waals surface area (Å²) in [6, 6.07) is 6.53. The van der Waals surface area contributed by atoms with Crippen molar-refractivity contribution in [2.45, 2.75) is 18.0 Å². The van der Waals surface area contributed by atoms with Crippen molar-refractivity contribution in [3.8, 4) is 0 Å². The normalized spacial score (nSPS) is 17.9. The summed E-state index contributed by atoms with van der Waals surface area (Å²) in [7, 11) is 0.132. The van der Waals surface area contributed by atoms with Crippen LogP contribution in [0.4, 0.5) is 0 Å². The van der Waals surface area contributed by atoms with Crippen molar-refractivity contribution in [3.05, 3.63) is 29.8 Å². The quantitative estimate of drug-likeness (QED) is 0.448. The fraction of sp³-hybridized carbons (Fsp3) is 0.529. The van der Waals surface area contributed by atoms with Crippen molar-refractivity contribution in [2.75, 3.05) is 46.9 Å². The smallest absolute Gasteiger partial charge is 0.309 e. The Balaban J connectivity index is 1.93. The zero-order valence-electron chi connectivity index (χ0n) is 15.8. The molecule has 1 saturated heterocycles. The van der Waals surface area contributed by atoms with Crippen LogP contribution in [-0.2, 0) is 24.3 Å². The van der Waals surface area contributed by atoms with Gasteiger partial charge in [-0.1, -0.05) is 17.7 Å². The number of likely N-dealkylation sites (N-methyl/N-ethyl adjacent to an activating group) is 1. The Morgan fingerprint density at radius 1 is 1.19 bits per heavy atom. The molecule has 27 heavy (non-hydrogen) atoms. The number of nitrogens with one attached hydrogen (secondary N) is 3. The van der Waals surface area contributed by atoms with Crippen molar-refractivity contribution in [2.24, 2.45) is 0 Å². The van der Waals surface area contributed by atoms with Crippen molar-refractivity contribution in [1.82, 2.24) is 14.9 Å². The molecule has 10 heteroatoms. The Morgan fingerprint density at radius 3 is 2.44 bits per heavy atom. The molecule has 0 bridgehead atoms. The molecule has 3 N–H and O–H groups in total. The highest BCUT2D eigenvalue weighted by molar-refractivity contribution is 7.89. The van der Waals surface area contributed by atoms with E-state index in [-0.39, 0.29) is 24.6 Å². The van der Waals surface area contributed by atoms with Crippen LogP contribution in [0.3, 0.4) is 0 Å². The number of amides is 2. The maximum Gasteiger partial charge on any atom is 0.309 e. The van der Waals surface area contributed by atoms with Crippen molar-refractivity contribution in [3.63, 3.8) is 0 Å². The van der Waals surface area contributed by atoms with E-state index in [1.54, 1.807) is 24.3 Å². The number of hydrogen-bond donors (Lipinski definition) is 3. The van der Waals surface area contributed by atoms with Crippen LogP contribution in [0.25, 0.3) is 0 Å². The minimum atomic E-state index is -3.74. The number of rotatable bonds is 7. The van der Waals surface area contributed by atoms with Gasteiger partial charge in [0.15, 0.2) is 0 Å². The van der Waals surface area contributed by atoms with Gasteiger partial charge in [-0.2, -0.15) is 4.31 Å². The molecule has 2 amide bonds. The predicted molar refractivity (Wildman–Crippen MR) is 98.5 cm³/mol. The van der Waals surface area contributed by atoms with E-state index in [1.807, 2.05) is 21.0 Å². The van der Waals surface area contributed by atoms with Crippen LogP contribution >= 0.6 is 0 Å². The van der Waals surface area contributed by atoms with E-state index in [9.17, 15) is 18.0 Å². The van der Waals surface area contributed by atoms with Gasteiger partial charge in [0.25, 0.3) is 0 Å². The number of hydrogen-bond acceptors (Lipinski definition) is 5. The van der Waals surface area contributed by atoms with Crippen molar-refractivity contribution in [1.29, 1.82) is 0 Å². The van der Waals surface area contributed by atoms with Gasteiger partial charge >= 0.3 is 11.8 Å². The molecule has 0 aliphatic carbocycles. The predicted octanol–water partition coefficient (Wildman–Crippen LogP) is -2.28. The van der Waals surface area contributed by atoms with Crippen LogP contribution in [0, 0.1) is 6.92 Å². The molecule has 1 aromatic carbocycles. The van der Waals surface area contributed by atoms with Gasteiger partial charge in [0.2, 0.25) is 10.0 Å². The van der Waals surface area contributed by atoms with Gasteiger partial charge in [-0.3, -0.25) is 9.59 Å². The van der Waals surface area contributed by atoms with Crippen LogP contribution in [0.15, 0.2) is 29.2 Å². The van der Waals surface area contributed by atoms with Crippen LogP contribution in [0.1, 0.15) is 5.56 Å². The molecule has 9 nitrogen and oxygen atoms in total. The number of carbonyl (C=O) groups is 2. The molecule has 0 unspecified atom stereocenters. The third-order valence-electron chi connectivity index (χ3n) is 4.12. The Kier molecular flexibility index (Phi) is 7.31. The lowest BCUT2D eigenvalue weighted by Crippen LogP contribution is -3.06. The molecular formula is C17H27N4O5S+. The average molecular weight is 399 g/mol. The van der Waals surface area contributed by atoms with E-state index in [0.717, 1.165) is 10.5 Å². The molecule has 1 fully saturated rings. The third-order valence-corrected chi connectivity index (χ3v) is 6.03.